The average Bonchev–Trinajstić information content (AvgIpc) is 3.94. The number of hydrogen-bond donors (Lipinski definition) is 4. The van der Waals surface area contributed by atoms with E-state index in [0.29, 0.717) is 35.9 Å². The first-order valence-corrected chi connectivity index (χ1v) is 26.6. The molecule has 4 aliphatic rings. The first-order chi connectivity index (χ1) is 34.6. The standard InChI is InChI=1S/C52H57F2N6O11PS/c1-51(2,3)45(56-47(64)42-28-34-27-36(17-20-41(34)73-42)52(53,54)72(68,69)70)50(67)59-23-22-57(30-39(59)49(66)58-24-25-71-40(31-58)33-13-9-7-10-14-33)44(62)15-11-6-4-5-8-12-32-16-18-37-35(26-32)29-60(48(37)65)38-19-21-43(61)55-46(38)63/h7,9-10,13-14,16-18,20,26-28,38-40,45H,4-6,11,15,19,21-25,29-31H2,1-3H3,(H,56,64)(H,55,61,63)(H2,68,69,70)/t38?,39-,40?,45+/m0/s1. The van der Waals surface area contributed by atoms with Gasteiger partial charge in [-0.15, -0.1) is 11.3 Å². The van der Waals surface area contributed by atoms with E-state index >= 15 is 0 Å². The van der Waals surface area contributed by atoms with Crippen molar-refractivity contribution in [1.82, 2.24) is 30.2 Å². The second-order valence-electron chi connectivity index (χ2n) is 19.8. The van der Waals surface area contributed by atoms with Crippen LogP contribution in [0, 0.1) is 17.3 Å². The lowest BCUT2D eigenvalue weighted by Crippen LogP contribution is -2.66. The van der Waals surface area contributed by atoms with Gasteiger partial charge in [-0.25, -0.2) is 0 Å². The molecule has 3 saturated heterocycles. The van der Waals surface area contributed by atoms with Gasteiger partial charge in [0.05, 0.1) is 24.6 Å². The maximum atomic E-state index is 14.8. The van der Waals surface area contributed by atoms with Gasteiger partial charge in [-0.1, -0.05) is 75.4 Å². The van der Waals surface area contributed by atoms with E-state index in [-0.39, 0.29) is 99.0 Å². The molecule has 386 valence electrons. The lowest BCUT2D eigenvalue weighted by atomic mass is 9.85. The maximum absolute atomic E-state index is 14.8. The number of halogens is 2. The number of thiophene rings is 1. The number of benzene rings is 3. The van der Waals surface area contributed by atoms with Crippen molar-refractivity contribution >= 4 is 70.4 Å². The topological polar surface area (TPSA) is 223 Å². The molecular formula is C52H57F2N6O11PS. The van der Waals surface area contributed by atoms with Gasteiger partial charge in [0.2, 0.25) is 29.5 Å². The molecule has 4 aliphatic heterocycles. The Labute approximate surface area is 424 Å². The van der Waals surface area contributed by atoms with Crippen LogP contribution in [0.5, 0.6) is 0 Å². The zero-order chi connectivity index (χ0) is 52.4. The van der Waals surface area contributed by atoms with Crippen LogP contribution < -0.4 is 10.6 Å². The van der Waals surface area contributed by atoms with Crippen LogP contribution in [0.15, 0.2) is 72.8 Å². The molecule has 0 spiro atoms. The molecule has 73 heavy (non-hydrogen) atoms. The maximum Gasteiger partial charge on any atom is 0.399 e. The fourth-order valence-electron chi connectivity index (χ4n) is 9.58. The summed E-state index contributed by atoms with van der Waals surface area (Å²) in [5.41, 5.74) is -3.40. The average molecular weight is 1040 g/mol. The third-order valence-corrected chi connectivity index (χ3v) is 15.7. The smallest absolute Gasteiger partial charge is 0.370 e. The number of piperazine rings is 1. The van der Waals surface area contributed by atoms with Crippen LogP contribution in [0.4, 0.5) is 8.78 Å². The molecule has 3 aromatic carbocycles. The van der Waals surface area contributed by atoms with Crippen molar-refractivity contribution < 1.29 is 61.4 Å². The lowest BCUT2D eigenvalue weighted by molar-refractivity contribution is -0.158. The number of hydrogen-bond acceptors (Lipinski definition) is 10. The zero-order valence-corrected chi connectivity index (χ0v) is 42.3. The Kier molecular flexibility index (Phi) is 15.7. The number of morpholine rings is 1. The molecule has 4 N–H and O–H groups in total. The molecule has 2 unspecified atom stereocenters. The number of unbranched alkanes of at least 4 members (excludes halogenated alkanes) is 3. The Morgan fingerprint density at radius 3 is 2.42 bits per heavy atom. The van der Waals surface area contributed by atoms with Gasteiger partial charge in [-0.05, 0) is 77.6 Å². The van der Waals surface area contributed by atoms with Crippen molar-refractivity contribution in [2.45, 2.75) is 102 Å². The van der Waals surface area contributed by atoms with Crippen LogP contribution in [0.3, 0.4) is 0 Å². The fraction of sp³-hybridized carbons (Fsp3) is 0.442. The van der Waals surface area contributed by atoms with Gasteiger partial charge >= 0.3 is 13.3 Å². The number of carbonyl (C=O) groups excluding carboxylic acids is 7. The molecule has 7 amide bonds. The highest BCUT2D eigenvalue weighted by molar-refractivity contribution is 7.52. The van der Waals surface area contributed by atoms with Crippen LogP contribution in [0.2, 0.25) is 0 Å². The number of imide groups is 1. The Hall–Kier alpha value is -6.36. The minimum Gasteiger partial charge on any atom is -0.370 e. The third kappa shape index (κ3) is 11.7. The summed E-state index contributed by atoms with van der Waals surface area (Å²) in [7, 11) is -5.85. The quantitative estimate of drug-likeness (QED) is 0.0553. The van der Waals surface area contributed by atoms with Crippen molar-refractivity contribution in [3.05, 3.63) is 105 Å². The Morgan fingerprint density at radius 2 is 1.70 bits per heavy atom. The molecule has 0 bridgehead atoms. The van der Waals surface area contributed by atoms with Crippen molar-refractivity contribution in [3.8, 4) is 11.8 Å². The number of piperidine rings is 1. The number of nitrogens with one attached hydrogen (secondary N) is 2. The molecule has 4 aromatic rings. The van der Waals surface area contributed by atoms with Gasteiger partial charge in [-0.3, -0.25) is 43.4 Å². The van der Waals surface area contributed by atoms with E-state index in [1.807, 2.05) is 36.4 Å². The lowest BCUT2D eigenvalue weighted by Gasteiger charge is -2.45. The zero-order valence-electron chi connectivity index (χ0n) is 40.6. The number of amides is 7. The van der Waals surface area contributed by atoms with Crippen molar-refractivity contribution in [2.75, 3.05) is 39.3 Å². The molecule has 0 aliphatic carbocycles. The minimum absolute atomic E-state index is 0.00325. The summed E-state index contributed by atoms with van der Waals surface area (Å²) >= 11 is 0.950. The SMILES string of the molecule is CC(C)(C)[C@H](NC(=O)c1cc2cc(C(F)(F)P(=O)(O)O)ccc2s1)C(=O)N1CCN(C(=O)CCCCCC#Cc2ccc3c(c2)CN(C2CCC(=O)NC2=O)C3=O)C[C@H]1C(=O)N1CCOC(c2ccccc2)C1. The number of carbonyl (C=O) groups is 7. The molecule has 4 atom stereocenters. The van der Waals surface area contributed by atoms with Gasteiger partial charge in [0.15, 0.2) is 0 Å². The van der Waals surface area contributed by atoms with Crippen LogP contribution in [0.1, 0.15) is 114 Å². The number of nitrogens with zero attached hydrogens (tertiary/aromatic N) is 4. The van der Waals surface area contributed by atoms with E-state index in [1.54, 1.807) is 42.7 Å². The molecule has 8 rings (SSSR count). The second kappa shape index (κ2) is 21.6. The largest absolute Gasteiger partial charge is 0.399 e. The number of ether oxygens (including phenoxy) is 1. The molecule has 17 nitrogen and oxygen atoms in total. The minimum atomic E-state index is -5.85. The fourth-order valence-corrected chi connectivity index (χ4v) is 11.0. The summed E-state index contributed by atoms with van der Waals surface area (Å²) in [6.45, 7) is 6.26. The predicted molar refractivity (Wildman–Crippen MR) is 265 cm³/mol. The predicted octanol–water partition coefficient (Wildman–Crippen LogP) is 5.68. The van der Waals surface area contributed by atoms with Gasteiger partial charge in [-0.2, -0.15) is 8.78 Å². The summed E-state index contributed by atoms with van der Waals surface area (Å²) in [5.74, 6) is 3.45. The number of rotatable bonds is 13. The molecule has 0 saturated carbocycles. The molecule has 21 heteroatoms. The summed E-state index contributed by atoms with van der Waals surface area (Å²) in [5, 5.41) is 5.28. The van der Waals surface area contributed by atoms with E-state index in [2.05, 4.69) is 22.5 Å². The highest BCUT2D eigenvalue weighted by atomic mass is 32.1. The van der Waals surface area contributed by atoms with E-state index in [9.17, 15) is 56.7 Å². The van der Waals surface area contributed by atoms with E-state index < -0.39 is 66.2 Å². The molecule has 1 aromatic heterocycles. The monoisotopic (exact) mass is 1040 g/mol. The van der Waals surface area contributed by atoms with Crippen LogP contribution in [0.25, 0.3) is 10.1 Å². The third-order valence-electron chi connectivity index (χ3n) is 13.6. The first-order valence-electron chi connectivity index (χ1n) is 24.2. The summed E-state index contributed by atoms with van der Waals surface area (Å²) < 4.78 is 47.2. The number of alkyl halides is 2. The molecule has 3 fully saturated rings. The molecular weight excluding hydrogens is 986 g/mol. The Balaban J connectivity index is 0.909. The van der Waals surface area contributed by atoms with E-state index in [0.717, 1.165) is 40.2 Å². The highest BCUT2D eigenvalue weighted by Crippen LogP contribution is 2.59. The Bertz CT molecular complexity index is 2950. The molecule has 0 radical (unpaired) electrons. The second-order valence-corrected chi connectivity index (χ2v) is 22.5. The summed E-state index contributed by atoms with van der Waals surface area (Å²) in [6.07, 6.45) is 2.75. The van der Waals surface area contributed by atoms with Gasteiger partial charge < -0.3 is 39.4 Å². The van der Waals surface area contributed by atoms with Gasteiger partial charge in [0.25, 0.3) is 11.8 Å². The summed E-state index contributed by atoms with van der Waals surface area (Å²) in [4.78, 5) is 119. The first kappa shape index (κ1) is 52.9. The summed E-state index contributed by atoms with van der Waals surface area (Å²) in [6, 6.07) is 16.1. The molecule has 5 heterocycles. The highest BCUT2D eigenvalue weighted by Gasteiger charge is 2.51. The van der Waals surface area contributed by atoms with Crippen molar-refractivity contribution in [2.24, 2.45) is 5.41 Å². The van der Waals surface area contributed by atoms with E-state index in [1.165, 1.54) is 21.9 Å². The normalized spacial score (nSPS) is 20.0. The Morgan fingerprint density at radius 1 is 0.932 bits per heavy atom. The van der Waals surface area contributed by atoms with Gasteiger partial charge in [0.1, 0.15) is 24.2 Å². The van der Waals surface area contributed by atoms with Crippen LogP contribution in [-0.2, 0) is 45.5 Å². The van der Waals surface area contributed by atoms with Crippen molar-refractivity contribution in [3.63, 3.8) is 0 Å². The number of fused-ring (bicyclic) bond motifs is 2. The van der Waals surface area contributed by atoms with Crippen LogP contribution in [-0.4, -0.2) is 128 Å². The van der Waals surface area contributed by atoms with Crippen LogP contribution >= 0.6 is 18.9 Å². The van der Waals surface area contributed by atoms with E-state index in [4.69, 9.17) is 4.74 Å². The van der Waals surface area contributed by atoms with Crippen molar-refractivity contribution in [1.29, 1.82) is 0 Å². The van der Waals surface area contributed by atoms with Gasteiger partial charge in [0, 0.05) is 66.8 Å².